The molecular formula is C14H18N2O3. The van der Waals surface area contributed by atoms with Crippen molar-refractivity contribution >= 4 is 17.4 Å². The van der Waals surface area contributed by atoms with Crippen molar-refractivity contribution in [2.24, 2.45) is 0 Å². The number of nitrogens with zero attached hydrogens (tertiary/aromatic N) is 1. The Morgan fingerprint density at radius 2 is 2.00 bits per heavy atom. The number of likely N-dealkylation sites (tertiary alicyclic amines) is 1. The van der Waals surface area contributed by atoms with Crippen LogP contribution in [0.1, 0.15) is 30.1 Å². The fourth-order valence-electron chi connectivity index (χ4n) is 2.56. The number of nitrogens with two attached hydrogens (primary N) is 1. The van der Waals surface area contributed by atoms with Gasteiger partial charge in [0.1, 0.15) is 6.04 Å². The molecule has 1 aliphatic heterocycles. The SMILES string of the molecule is CC(C(=O)c1ccc(N)cc1)N1CCCC1C(=O)O. The smallest absolute Gasteiger partial charge is 0.320 e. The van der Waals surface area contributed by atoms with Crippen molar-refractivity contribution in [2.75, 3.05) is 12.3 Å². The number of rotatable bonds is 4. The van der Waals surface area contributed by atoms with Crippen LogP contribution in [0.3, 0.4) is 0 Å². The summed E-state index contributed by atoms with van der Waals surface area (Å²) in [6, 6.07) is 5.75. The molecule has 1 saturated heterocycles. The number of aliphatic carboxylic acids is 1. The molecule has 0 aromatic heterocycles. The maximum absolute atomic E-state index is 12.3. The molecule has 1 aromatic carbocycles. The Balaban J connectivity index is 2.14. The third kappa shape index (κ3) is 2.76. The molecule has 3 N–H and O–H groups in total. The molecule has 0 saturated carbocycles. The molecule has 2 atom stereocenters. The molecule has 2 rings (SSSR count). The van der Waals surface area contributed by atoms with Crippen LogP contribution >= 0.6 is 0 Å². The molecule has 0 radical (unpaired) electrons. The van der Waals surface area contributed by atoms with Gasteiger partial charge in [0, 0.05) is 11.3 Å². The molecule has 0 bridgehead atoms. The summed E-state index contributed by atoms with van der Waals surface area (Å²) in [7, 11) is 0. The van der Waals surface area contributed by atoms with Crippen molar-refractivity contribution < 1.29 is 14.7 Å². The zero-order chi connectivity index (χ0) is 14.0. The number of nitrogen functional groups attached to an aromatic ring is 1. The Labute approximate surface area is 112 Å². The van der Waals surface area contributed by atoms with Crippen LogP contribution in [0.2, 0.25) is 0 Å². The summed E-state index contributed by atoms with van der Waals surface area (Å²) < 4.78 is 0. The fraction of sp³-hybridized carbons (Fsp3) is 0.429. The minimum Gasteiger partial charge on any atom is -0.480 e. The van der Waals surface area contributed by atoms with Gasteiger partial charge in [-0.1, -0.05) is 0 Å². The van der Waals surface area contributed by atoms with Crippen LogP contribution in [0.4, 0.5) is 5.69 Å². The normalized spacial score (nSPS) is 21.2. The molecule has 1 aliphatic rings. The third-order valence-corrected chi connectivity index (χ3v) is 3.65. The van der Waals surface area contributed by atoms with E-state index in [0.29, 0.717) is 24.2 Å². The summed E-state index contributed by atoms with van der Waals surface area (Å²) in [6.07, 6.45) is 1.42. The number of anilines is 1. The van der Waals surface area contributed by atoms with E-state index < -0.39 is 18.1 Å². The van der Waals surface area contributed by atoms with Crippen LogP contribution in [-0.2, 0) is 4.79 Å². The second-order valence-electron chi connectivity index (χ2n) is 4.90. The van der Waals surface area contributed by atoms with Crippen LogP contribution in [0.15, 0.2) is 24.3 Å². The highest BCUT2D eigenvalue weighted by molar-refractivity contribution is 6.00. The summed E-state index contributed by atoms with van der Waals surface area (Å²) in [5, 5.41) is 9.15. The number of hydrogen-bond donors (Lipinski definition) is 2. The van der Waals surface area contributed by atoms with Crippen LogP contribution in [-0.4, -0.2) is 40.4 Å². The summed E-state index contributed by atoms with van der Waals surface area (Å²) in [5.74, 6) is -0.914. The zero-order valence-corrected chi connectivity index (χ0v) is 10.9. The summed E-state index contributed by atoms with van der Waals surface area (Å²) in [5.41, 5.74) is 6.76. The van der Waals surface area contributed by atoms with Gasteiger partial charge in [0.2, 0.25) is 0 Å². The largest absolute Gasteiger partial charge is 0.480 e. The van der Waals surface area contributed by atoms with Gasteiger partial charge in [-0.05, 0) is 50.6 Å². The first-order chi connectivity index (χ1) is 9.00. The first kappa shape index (κ1) is 13.5. The van der Waals surface area contributed by atoms with Gasteiger partial charge in [-0.15, -0.1) is 0 Å². The lowest BCUT2D eigenvalue weighted by molar-refractivity contribution is -0.142. The maximum atomic E-state index is 12.3. The van der Waals surface area contributed by atoms with E-state index in [1.807, 2.05) is 0 Å². The molecule has 1 heterocycles. The molecule has 0 aliphatic carbocycles. The van der Waals surface area contributed by atoms with Crippen molar-refractivity contribution in [1.29, 1.82) is 0 Å². The zero-order valence-electron chi connectivity index (χ0n) is 10.9. The predicted octanol–water partition coefficient (Wildman–Crippen LogP) is 1.39. The van der Waals surface area contributed by atoms with Crippen LogP contribution < -0.4 is 5.73 Å². The first-order valence-electron chi connectivity index (χ1n) is 6.39. The molecule has 2 unspecified atom stereocenters. The average molecular weight is 262 g/mol. The van der Waals surface area contributed by atoms with E-state index in [9.17, 15) is 9.59 Å². The summed E-state index contributed by atoms with van der Waals surface area (Å²) >= 11 is 0. The lowest BCUT2D eigenvalue weighted by Crippen LogP contribution is -2.45. The summed E-state index contributed by atoms with van der Waals surface area (Å²) in [4.78, 5) is 25.3. The van der Waals surface area contributed by atoms with Gasteiger partial charge >= 0.3 is 5.97 Å². The molecular weight excluding hydrogens is 244 g/mol. The number of carboxylic acid groups (broad SMARTS) is 1. The van der Waals surface area contributed by atoms with Crippen molar-refractivity contribution in [1.82, 2.24) is 4.90 Å². The number of carboxylic acids is 1. The van der Waals surface area contributed by atoms with Crippen molar-refractivity contribution in [3.63, 3.8) is 0 Å². The van der Waals surface area contributed by atoms with Gasteiger partial charge < -0.3 is 10.8 Å². The van der Waals surface area contributed by atoms with Crippen LogP contribution in [0.25, 0.3) is 0 Å². The number of ketones is 1. The highest BCUT2D eigenvalue weighted by atomic mass is 16.4. The Morgan fingerprint density at radius 3 is 2.58 bits per heavy atom. The molecule has 5 heteroatoms. The van der Waals surface area contributed by atoms with Gasteiger partial charge in [0.15, 0.2) is 5.78 Å². The molecule has 1 aromatic rings. The molecule has 1 fully saturated rings. The van der Waals surface area contributed by atoms with Crippen molar-refractivity contribution in [2.45, 2.75) is 31.8 Å². The maximum Gasteiger partial charge on any atom is 0.320 e. The van der Waals surface area contributed by atoms with E-state index in [4.69, 9.17) is 10.8 Å². The van der Waals surface area contributed by atoms with Crippen molar-refractivity contribution in [3.8, 4) is 0 Å². The molecule has 19 heavy (non-hydrogen) atoms. The first-order valence-corrected chi connectivity index (χ1v) is 6.39. The quantitative estimate of drug-likeness (QED) is 0.633. The minimum absolute atomic E-state index is 0.0619. The molecule has 5 nitrogen and oxygen atoms in total. The van der Waals surface area contributed by atoms with E-state index in [0.717, 1.165) is 6.42 Å². The Kier molecular flexibility index (Phi) is 3.85. The van der Waals surface area contributed by atoms with Gasteiger partial charge in [0.25, 0.3) is 0 Å². The van der Waals surface area contributed by atoms with Gasteiger partial charge in [-0.3, -0.25) is 14.5 Å². The van der Waals surface area contributed by atoms with E-state index in [-0.39, 0.29) is 5.78 Å². The second-order valence-corrected chi connectivity index (χ2v) is 4.90. The minimum atomic E-state index is -0.852. The monoisotopic (exact) mass is 262 g/mol. The predicted molar refractivity (Wildman–Crippen MR) is 72.0 cm³/mol. The number of carbonyl (C=O) groups excluding carboxylic acids is 1. The van der Waals surface area contributed by atoms with Crippen molar-refractivity contribution in [3.05, 3.63) is 29.8 Å². The molecule has 0 spiro atoms. The van der Waals surface area contributed by atoms with E-state index in [2.05, 4.69) is 0 Å². The number of Topliss-reactive ketones (excluding diaryl/α,β-unsaturated/α-hetero) is 1. The van der Waals surface area contributed by atoms with E-state index in [1.54, 1.807) is 36.1 Å². The lowest BCUT2D eigenvalue weighted by Gasteiger charge is -2.27. The third-order valence-electron chi connectivity index (χ3n) is 3.65. The second kappa shape index (κ2) is 5.40. The molecule has 0 amide bonds. The van der Waals surface area contributed by atoms with Gasteiger partial charge in [-0.2, -0.15) is 0 Å². The highest BCUT2D eigenvalue weighted by Gasteiger charge is 2.36. The van der Waals surface area contributed by atoms with E-state index in [1.165, 1.54) is 0 Å². The highest BCUT2D eigenvalue weighted by Crippen LogP contribution is 2.22. The topological polar surface area (TPSA) is 83.6 Å². The van der Waals surface area contributed by atoms with Crippen LogP contribution in [0, 0.1) is 0 Å². The Morgan fingerprint density at radius 1 is 1.37 bits per heavy atom. The van der Waals surface area contributed by atoms with Gasteiger partial charge in [0.05, 0.1) is 6.04 Å². The fourth-order valence-corrected chi connectivity index (χ4v) is 2.56. The number of benzene rings is 1. The Bertz CT molecular complexity index is 484. The molecule has 102 valence electrons. The Hall–Kier alpha value is -1.88. The number of carbonyl (C=O) groups is 2. The van der Waals surface area contributed by atoms with Gasteiger partial charge in [-0.25, -0.2) is 0 Å². The van der Waals surface area contributed by atoms with Crippen LogP contribution in [0.5, 0.6) is 0 Å². The lowest BCUT2D eigenvalue weighted by atomic mass is 10.0. The number of hydrogen-bond acceptors (Lipinski definition) is 4. The van der Waals surface area contributed by atoms with E-state index >= 15 is 0 Å². The average Bonchev–Trinajstić information content (AvgIpc) is 2.87. The standard InChI is InChI=1S/C14H18N2O3/c1-9(16-8-2-3-12(16)14(18)19)13(17)10-4-6-11(15)7-5-10/h4-7,9,12H,2-3,8,15H2,1H3,(H,18,19). The summed E-state index contributed by atoms with van der Waals surface area (Å²) in [6.45, 7) is 2.42.